The van der Waals surface area contributed by atoms with Crippen molar-refractivity contribution in [2.75, 3.05) is 5.32 Å². The van der Waals surface area contributed by atoms with Crippen molar-refractivity contribution in [1.82, 2.24) is 0 Å². The maximum absolute atomic E-state index is 11.9. The van der Waals surface area contributed by atoms with Crippen LogP contribution in [0.2, 0.25) is 0 Å². The first kappa shape index (κ1) is 16.5. The minimum absolute atomic E-state index is 0.369. The van der Waals surface area contributed by atoms with Gasteiger partial charge in [-0.3, -0.25) is 4.79 Å². The zero-order valence-electron chi connectivity index (χ0n) is 11.8. The molecule has 0 fully saturated rings. The van der Waals surface area contributed by atoms with Gasteiger partial charge in [-0.25, -0.2) is 4.79 Å². The van der Waals surface area contributed by atoms with E-state index >= 15 is 0 Å². The first-order valence-electron chi connectivity index (χ1n) is 6.54. The van der Waals surface area contributed by atoms with E-state index in [-0.39, 0.29) is 5.91 Å². The molecule has 2 aromatic rings. The second kappa shape index (κ2) is 7.91. The summed E-state index contributed by atoms with van der Waals surface area (Å²) >= 11 is 4.85. The smallest absolute Gasteiger partial charge is 0.331 e. The van der Waals surface area contributed by atoms with Crippen molar-refractivity contribution in [2.24, 2.45) is 0 Å². The Hall–Kier alpha value is -1.92. The third-order valence-electron chi connectivity index (χ3n) is 2.68. The van der Waals surface area contributed by atoms with Crippen LogP contribution in [-0.2, 0) is 14.3 Å². The Bertz CT molecular complexity index is 682. The van der Waals surface area contributed by atoms with Crippen molar-refractivity contribution in [3.05, 3.63) is 57.2 Å². The van der Waals surface area contributed by atoms with Gasteiger partial charge in [0, 0.05) is 16.6 Å². The van der Waals surface area contributed by atoms with Crippen LogP contribution in [0.1, 0.15) is 11.8 Å². The number of esters is 1. The van der Waals surface area contributed by atoms with Crippen LogP contribution >= 0.6 is 27.3 Å². The molecule has 1 heterocycles. The number of thiophene rings is 1. The number of para-hydroxylation sites is 1. The van der Waals surface area contributed by atoms with Crippen LogP contribution in [0.4, 0.5) is 5.69 Å². The molecule has 0 saturated carbocycles. The van der Waals surface area contributed by atoms with Crippen molar-refractivity contribution in [2.45, 2.75) is 13.0 Å². The number of anilines is 1. The van der Waals surface area contributed by atoms with E-state index in [1.165, 1.54) is 24.3 Å². The highest BCUT2D eigenvalue weighted by Gasteiger charge is 2.16. The molecule has 2 rings (SSSR count). The van der Waals surface area contributed by atoms with Crippen LogP contribution < -0.4 is 5.32 Å². The number of rotatable bonds is 5. The number of hydrogen-bond donors (Lipinski definition) is 1. The lowest BCUT2D eigenvalue weighted by molar-refractivity contribution is -0.148. The molecule has 0 aliphatic heterocycles. The van der Waals surface area contributed by atoms with Gasteiger partial charge >= 0.3 is 5.97 Å². The quantitative estimate of drug-likeness (QED) is 0.628. The molecule has 1 N–H and O–H groups in total. The highest BCUT2D eigenvalue weighted by Crippen LogP contribution is 2.23. The molecule has 0 radical (unpaired) electrons. The zero-order chi connectivity index (χ0) is 15.9. The second-order valence-corrected chi connectivity index (χ2v) is 6.90. The molecule has 6 heteroatoms. The predicted octanol–water partition coefficient (Wildman–Crippen LogP) is 4.09. The Labute approximate surface area is 140 Å². The number of benzene rings is 1. The molecule has 0 unspecified atom stereocenters. The maximum atomic E-state index is 11.9. The van der Waals surface area contributed by atoms with Crippen molar-refractivity contribution in [1.29, 1.82) is 0 Å². The van der Waals surface area contributed by atoms with Gasteiger partial charge in [0.05, 0.1) is 3.79 Å². The van der Waals surface area contributed by atoms with E-state index in [4.69, 9.17) is 4.74 Å². The average Bonchev–Trinajstić information content (AvgIpc) is 2.92. The largest absolute Gasteiger partial charge is 0.449 e. The van der Waals surface area contributed by atoms with Gasteiger partial charge in [-0.2, -0.15) is 0 Å². The molecule has 0 aliphatic rings. The van der Waals surface area contributed by atoms with Gasteiger partial charge in [-0.1, -0.05) is 18.2 Å². The lowest BCUT2D eigenvalue weighted by Crippen LogP contribution is -2.29. The molecule has 1 aromatic carbocycles. The van der Waals surface area contributed by atoms with Gasteiger partial charge in [-0.15, -0.1) is 11.3 Å². The van der Waals surface area contributed by atoms with Gasteiger partial charge in [-0.05, 0) is 53.2 Å². The Morgan fingerprint density at radius 3 is 2.59 bits per heavy atom. The number of carbonyl (C=O) groups excluding carboxylic acids is 2. The predicted molar refractivity (Wildman–Crippen MR) is 91.7 cm³/mol. The van der Waals surface area contributed by atoms with Gasteiger partial charge in [0.25, 0.3) is 5.91 Å². The highest BCUT2D eigenvalue weighted by atomic mass is 79.9. The van der Waals surface area contributed by atoms with Crippen molar-refractivity contribution in [3.63, 3.8) is 0 Å². The first-order valence-corrected chi connectivity index (χ1v) is 8.15. The van der Waals surface area contributed by atoms with E-state index in [0.717, 1.165) is 8.66 Å². The monoisotopic (exact) mass is 379 g/mol. The van der Waals surface area contributed by atoms with Crippen LogP contribution in [0.5, 0.6) is 0 Å². The van der Waals surface area contributed by atoms with Crippen molar-refractivity contribution >= 4 is 50.9 Å². The van der Waals surface area contributed by atoms with E-state index in [9.17, 15) is 9.59 Å². The third-order valence-corrected chi connectivity index (χ3v) is 4.27. The van der Waals surface area contributed by atoms with Gasteiger partial charge in [0.2, 0.25) is 0 Å². The normalized spacial score (nSPS) is 12.1. The lowest BCUT2D eigenvalue weighted by atomic mass is 10.3. The van der Waals surface area contributed by atoms with E-state index in [2.05, 4.69) is 21.2 Å². The Balaban J connectivity index is 1.85. The van der Waals surface area contributed by atoms with Crippen molar-refractivity contribution < 1.29 is 14.3 Å². The maximum Gasteiger partial charge on any atom is 0.331 e. The fraction of sp³-hybridized carbons (Fsp3) is 0.125. The average molecular weight is 380 g/mol. The summed E-state index contributed by atoms with van der Waals surface area (Å²) in [6, 6.07) is 12.8. The highest BCUT2D eigenvalue weighted by molar-refractivity contribution is 9.11. The number of nitrogens with one attached hydrogen (secondary N) is 1. The van der Waals surface area contributed by atoms with Gasteiger partial charge < -0.3 is 10.1 Å². The lowest BCUT2D eigenvalue weighted by Gasteiger charge is -2.12. The molecular weight excluding hydrogens is 366 g/mol. The minimum atomic E-state index is -0.868. The summed E-state index contributed by atoms with van der Waals surface area (Å²) in [6.45, 7) is 1.53. The summed E-state index contributed by atoms with van der Waals surface area (Å²) in [7, 11) is 0. The first-order chi connectivity index (χ1) is 10.5. The Kier molecular flexibility index (Phi) is 5.91. The molecule has 1 amide bonds. The van der Waals surface area contributed by atoms with Gasteiger partial charge in [0.1, 0.15) is 0 Å². The number of ether oxygens (including phenoxy) is 1. The summed E-state index contributed by atoms with van der Waals surface area (Å²) < 4.78 is 6.05. The summed E-state index contributed by atoms with van der Waals surface area (Å²) in [4.78, 5) is 24.5. The summed E-state index contributed by atoms with van der Waals surface area (Å²) in [5.41, 5.74) is 0.661. The van der Waals surface area contributed by atoms with Crippen LogP contribution in [-0.4, -0.2) is 18.0 Å². The molecular formula is C16H14BrNO3S. The summed E-state index contributed by atoms with van der Waals surface area (Å²) in [6.07, 6.45) is 2.09. The summed E-state index contributed by atoms with van der Waals surface area (Å²) in [5.74, 6) is -0.924. The Morgan fingerprint density at radius 2 is 1.95 bits per heavy atom. The number of amides is 1. The van der Waals surface area contributed by atoms with Crippen LogP contribution in [0.25, 0.3) is 6.08 Å². The molecule has 0 spiro atoms. The van der Waals surface area contributed by atoms with Crippen LogP contribution in [0.15, 0.2) is 52.3 Å². The van der Waals surface area contributed by atoms with Crippen molar-refractivity contribution in [3.8, 4) is 0 Å². The Morgan fingerprint density at radius 1 is 1.23 bits per heavy atom. The minimum Gasteiger partial charge on any atom is -0.449 e. The van der Waals surface area contributed by atoms with E-state index < -0.39 is 12.1 Å². The molecule has 114 valence electrons. The fourth-order valence-electron chi connectivity index (χ4n) is 1.60. The molecule has 1 atom stereocenters. The number of halogens is 1. The third kappa shape index (κ3) is 5.13. The SMILES string of the molecule is C[C@H](OC(=O)/C=C/c1ccc(Br)s1)C(=O)Nc1ccccc1. The fourth-order valence-corrected chi connectivity index (χ4v) is 2.93. The summed E-state index contributed by atoms with van der Waals surface area (Å²) in [5, 5.41) is 2.68. The molecule has 0 saturated heterocycles. The van der Waals surface area contributed by atoms with E-state index in [1.54, 1.807) is 18.2 Å². The molecule has 0 bridgehead atoms. The van der Waals surface area contributed by atoms with E-state index in [1.807, 2.05) is 30.3 Å². The van der Waals surface area contributed by atoms with E-state index in [0.29, 0.717) is 5.69 Å². The standard InChI is InChI=1S/C16H14BrNO3S/c1-11(16(20)18-12-5-3-2-4-6-12)21-15(19)10-8-13-7-9-14(17)22-13/h2-11H,1H3,(H,18,20)/b10-8+/t11-/m0/s1. The van der Waals surface area contributed by atoms with Gasteiger partial charge in [0.15, 0.2) is 6.10 Å². The zero-order valence-corrected chi connectivity index (χ0v) is 14.2. The topological polar surface area (TPSA) is 55.4 Å². The van der Waals surface area contributed by atoms with Crippen LogP contribution in [0.3, 0.4) is 0 Å². The number of carbonyl (C=O) groups is 2. The second-order valence-electron chi connectivity index (χ2n) is 4.41. The molecule has 22 heavy (non-hydrogen) atoms. The van der Waals surface area contributed by atoms with Crippen LogP contribution in [0, 0.1) is 0 Å². The molecule has 1 aromatic heterocycles. The number of hydrogen-bond acceptors (Lipinski definition) is 4. The molecule has 0 aliphatic carbocycles. The molecule has 4 nitrogen and oxygen atoms in total.